The monoisotopic (exact) mass is 360 g/mol. The first-order valence-corrected chi connectivity index (χ1v) is 8.77. The topological polar surface area (TPSA) is 103 Å². The van der Waals surface area contributed by atoms with Crippen molar-refractivity contribution in [3.8, 4) is 0 Å². The predicted molar refractivity (Wildman–Crippen MR) is 93.0 cm³/mol. The highest BCUT2D eigenvalue weighted by Gasteiger charge is 2.24. The Labute approximate surface area is 150 Å². The molecule has 0 saturated heterocycles. The van der Waals surface area contributed by atoms with Gasteiger partial charge in [0.15, 0.2) is 0 Å². The van der Waals surface area contributed by atoms with Gasteiger partial charge in [-0.1, -0.05) is 6.42 Å². The summed E-state index contributed by atoms with van der Waals surface area (Å²) >= 11 is 0. The van der Waals surface area contributed by atoms with Crippen LogP contribution in [0.1, 0.15) is 47.0 Å². The van der Waals surface area contributed by atoms with Gasteiger partial charge < -0.3 is 19.5 Å². The fourth-order valence-corrected chi connectivity index (χ4v) is 2.19. The fourth-order valence-electron chi connectivity index (χ4n) is 2.19. The van der Waals surface area contributed by atoms with Crippen molar-refractivity contribution in [2.45, 2.75) is 65.1 Å². The summed E-state index contributed by atoms with van der Waals surface area (Å²) in [4.78, 5) is 35.0. The van der Waals surface area contributed by atoms with Gasteiger partial charge in [0.2, 0.25) is 0 Å². The van der Waals surface area contributed by atoms with Gasteiger partial charge in [-0.25, -0.2) is 0 Å². The van der Waals surface area contributed by atoms with E-state index in [0.717, 1.165) is 12.8 Å². The number of unbranched alkanes of at least 4 members (excludes halogenated alkanes) is 1. The van der Waals surface area contributed by atoms with E-state index in [4.69, 9.17) is 14.2 Å². The Hall–Kier alpha value is -1.67. The third-order valence-corrected chi connectivity index (χ3v) is 3.59. The summed E-state index contributed by atoms with van der Waals surface area (Å²) in [7, 11) is 1.31. The molecule has 0 aliphatic rings. The third-order valence-electron chi connectivity index (χ3n) is 3.59. The molecule has 0 radical (unpaired) electrons. The number of methoxy groups -OCH3 is 1. The lowest BCUT2D eigenvalue weighted by molar-refractivity contribution is -0.148. The first-order valence-electron chi connectivity index (χ1n) is 8.77. The number of carbonyl (C=O) groups excluding carboxylic acids is 3. The molecule has 3 atom stereocenters. The number of hydrogen-bond acceptors (Lipinski definition) is 8. The summed E-state index contributed by atoms with van der Waals surface area (Å²) in [6.07, 6.45) is 2.02. The number of esters is 3. The minimum Gasteiger partial charge on any atom is -0.468 e. The van der Waals surface area contributed by atoms with Crippen molar-refractivity contribution in [1.29, 1.82) is 0 Å². The van der Waals surface area contributed by atoms with Gasteiger partial charge in [0, 0.05) is 0 Å². The molecule has 0 spiro atoms. The average Bonchev–Trinajstić information content (AvgIpc) is 2.59. The van der Waals surface area contributed by atoms with Crippen LogP contribution in [0.5, 0.6) is 0 Å². The average molecular weight is 360 g/mol. The lowest BCUT2D eigenvalue weighted by Gasteiger charge is -2.20. The van der Waals surface area contributed by atoms with Crippen LogP contribution in [0.4, 0.5) is 0 Å². The molecule has 0 heterocycles. The lowest BCUT2D eigenvalue weighted by atomic mass is 10.1. The summed E-state index contributed by atoms with van der Waals surface area (Å²) in [5, 5.41) is 6.02. The summed E-state index contributed by atoms with van der Waals surface area (Å²) in [6.45, 7) is 8.16. The molecule has 0 fully saturated rings. The minimum absolute atomic E-state index is 0.278. The second kappa shape index (κ2) is 13.6. The van der Waals surface area contributed by atoms with E-state index in [-0.39, 0.29) is 18.6 Å². The molecule has 0 aliphatic carbocycles. The molecule has 0 rings (SSSR count). The molecule has 146 valence electrons. The summed E-state index contributed by atoms with van der Waals surface area (Å²) in [6, 6.07) is -1.53. The molecule has 25 heavy (non-hydrogen) atoms. The van der Waals surface area contributed by atoms with Gasteiger partial charge in [-0.3, -0.25) is 19.7 Å². The summed E-state index contributed by atoms with van der Waals surface area (Å²) in [5.41, 5.74) is 0. The van der Waals surface area contributed by atoms with Crippen molar-refractivity contribution >= 4 is 17.9 Å². The van der Waals surface area contributed by atoms with Gasteiger partial charge in [0.25, 0.3) is 0 Å². The minimum atomic E-state index is -0.592. The Morgan fingerprint density at radius 3 is 1.96 bits per heavy atom. The number of hydrogen-bond donors (Lipinski definition) is 2. The Kier molecular flexibility index (Phi) is 12.7. The van der Waals surface area contributed by atoms with E-state index < -0.39 is 24.0 Å². The number of rotatable bonds is 13. The zero-order valence-corrected chi connectivity index (χ0v) is 15.9. The quantitative estimate of drug-likeness (QED) is 0.282. The lowest BCUT2D eigenvalue weighted by Crippen LogP contribution is -2.46. The van der Waals surface area contributed by atoms with E-state index in [1.54, 1.807) is 27.7 Å². The Morgan fingerprint density at radius 1 is 0.880 bits per heavy atom. The van der Waals surface area contributed by atoms with Gasteiger partial charge in [-0.2, -0.15) is 0 Å². The number of nitrogens with one attached hydrogen (secondary N) is 2. The molecular formula is C17H32N2O6. The molecule has 0 aromatic carbocycles. The second-order valence-electron chi connectivity index (χ2n) is 5.64. The molecule has 0 bridgehead atoms. The van der Waals surface area contributed by atoms with Crippen molar-refractivity contribution in [3.05, 3.63) is 0 Å². The van der Waals surface area contributed by atoms with Gasteiger partial charge in [0.05, 0.1) is 20.3 Å². The highest BCUT2D eigenvalue weighted by Crippen LogP contribution is 2.05. The van der Waals surface area contributed by atoms with Crippen LogP contribution in [0.2, 0.25) is 0 Å². The molecular weight excluding hydrogens is 328 g/mol. The molecule has 2 N–H and O–H groups in total. The van der Waals surface area contributed by atoms with Gasteiger partial charge in [-0.05, 0) is 47.1 Å². The van der Waals surface area contributed by atoms with Crippen LogP contribution >= 0.6 is 0 Å². The molecule has 8 nitrogen and oxygen atoms in total. The molecule has 0 aromatic rings. The van der Waals surface area contributed by atoms with Crippen LogP contribution in [0, 0.1) is 0 Å². The Balaban J connectivity index is 4.22. The van der Waals surface area contributed by atoms with E-state index >= 15 is 0 Å². The van der Waals surface area contributed by atoms with Crippen LogP contribution in [-0.4, -0.2) is 62.9 Å². The number of carbonyl (C=O) groups is 3. The van der Waals surface area contributed by atoms with Crippen molar-refractivity contribution in [2.75, 3.05) is 26.9 Å². The molecule has 0 amide bonds. The first kappa shape index (κ1) is 23.3. The maximum atomic E-state index is 11.8. The van der Waals surface area contributed by atoms with Crippen LogP contribution in [0.15, 0.2) is 0 Å². The van der Waals surface area contributed by atoms with Gasteiger partial charge >= 0.3 is 17.9 Å². The smallest absolute Gasteiger partial charge is 0.322 e. The molecule has 0 aliphatic heterocycles. The molecule has 0 aromatic heterocycles. The van der Waals surface area contributed by atoms with E-state index in [9.17, 15) is 14.4 Å². The zero-order chi connectivity index (χ0) is 19.2. The first-order chi connectivity index (χ1) is 11.9. The van der Waals surface area contributed by atoms with E-state index in [2.05, 4.69) is 10.6 Å². The standard InChI is InChI=1S/C17H32N2O6/c1-6-24-15(20)12(3)18-11-9-8-10-14(17(22)23-5)19-13(4)16(21)25-7-2/h12-14,18-19H,6-11H2,1-5H3/t12-,13-,14-/m0/s1. The van der Waals surface area contributed by atoms with Crippen molar-refractivity contribution in [1.82, 2.24) is 10.6 Å². The summed E-state index contributed by atoms with van der Waals surface area (Å²) < 4.78 is 14.6. The Bertz CT molecular complexity index is 416. The Morgan fingerprint density at radius 2 is 1.44 bits per heavy atom. The maximum absolute atomic E-state index is 11.8. The number of ether oxygens (including phenoxy) is 3. The van der Waals surface area contributed by atoms with Crippen molar-refractivity contribution in [2.24, 2.45) is 0 Å². The fraction of sp³-hybridized carbons (Fsp3) is 0.824. The second-order valence-corrected chi connectivity index (χ2v) is 5.64. The van der Waals surface area contributed by atoms with Crippen molar-refractivity contribution in [3.63, 3.8) is 0 Å². The van der Waals surface area contributed by atoms with Crippen LogP contribution in [-0.2, 0) is 28.6 Å². The molecule has 0 unspecified atom stereocenters. The van der Waals surface area contributed by atoms with E-state index in [0.29, 0.717) is 19.6 Å². The zero-order valence-electron chi connectivity index (χ0n) is 15.9. The highest BCUT2D eigenvalue weighted by molar-refractivity contribution is 5.79. The van der Waals surface area contributed by atoms with E-state index in [1.165, 1.54) is 7.11 Å². The third kappa shape index (κ3) is 10.0. The SMILES string of the molecule is CCOC(=O)[C@H](C)NCCCC[C@H](N[C@@H](C)C(=O)OCC)C(=O)OC. The maximum Gasteiger partial charge on any atom is 0.322 e. The van der Waals surface area contributed by atoms with Gasteiger partial charge in [-0.15, -0.1) is 0 Å². The largest absolute Gasteiger partial charge is 0.468 e. The normalized spacial score (nSPS) is 14.3. The van der Waals surface area contributed by atoms with Crippen LogP contribution in [0.3, 0.4) is 0 Å². The van der Waals surface area contributed by atoms with E-state index in [1.807, 2.05) is 0 Å². The van der Waals surface area contributed by atoms with Crippen LogP contribution in [0.25, 0.3) is 0 Å². The molecule has 8 heteroatoms. The highest BCUT2D eigenvalue weighted by atomic mass is 16.5. The van der Waals surface area contributed by atoms with Crippen molar-refractivity contribution < 1.29 is 28.6 Å². The summed E-state index contributed by atoms with van der Waals surface area (Å²) in [5.74, 6) is -1.09. The molecule has 0 saturated carbocycles. The van der Waals surface area contributed by atoms with Crippen LogP contribution < -0.4 is 10.6 Å². The predicted octanol–water partition coefficient (Wildman–Crippen LogP) is 0.781. The van der Waals surface area contributed by atoms with Gasteiger partial charge in [0.1, 0.15) is 18.1 Å².